The molecule has 5 rings (SSSR count). The smallest absolute Gasteiger partial charge is 0.220 e. The van der Waals surface area contributed by atoms with Crippen molar-refractivity contribution < 1.29 is 14.3 Å². The van der Waals surface area contributed by atoms with E-state index in [4.69, 9.17) is 4.74 Å². The third-order valence-electron chi connectivity index (χ3n) is 7.58. The Kier molecular flexibility index (Phi) is 5.84. The second-order valence-corrected chi connectivity index (χ2v) is 9.70. The molecule has 158 valence electrons. The van der Waals surface area contributed by atoms with Crippen molar-refractivity contribution in [1.29, 1.82) is 0 Å². The molecule has 1 aromatic rings. The minimum Gasteiger partial charge on any atom is -0.497 e. The minimum atomic E-state index is -0.0922. The van der Waals surface area contributed by atoms with Gasteiger partial charge in [-0.05, 0) is 86.3 Å². The van der Waals surface area contributed by atoms with Gasteiger partial charge in [0.2, 0.25) is 11.8 Å². The molecule has 0 aliphatic heterocycles. The molecule has 1 aromatic carbocycles. The van der Waals surface area contributed by atoms with Crippen LogP contribution in [0.5, 0.6) is 5.75 Å². The minimum absolute atomic E-state index is 0.00442. The van der Waals surface area contributed by atoms with E-state index in [0.29, 0.717) is 12.0 Å². The highest BCUT2D eigenvalue weighted by Gasteiger charge is 2.53. The van der Waals surface area contributed by atoms with Crippen LogP contribution >= 0.6 is 0 Å². The van der Waals surface area contributed by atoms with E-state index >= 15 is 0 Å². The number of rotatable bonds is 8. The van der Waals surface area contributed by atoms with Gasteiger partial charge >= 0.3 is 0 Å². The fraction of sp³-hybridized carbons (Fsp3) is 0.667. The van der Waals surface area contributed by atoms with Crippen molar-refractivity contribution in [2.24, 2.45) is 23.2 Å². The maximum absolute atomic E-state index is 12.5. The van der Waals surface area contributed by atoms with Gasteiger partial charge in [-0.3, -0.25) is 9.59 Å². The van der Waals surface area contributed by atoms with Crippen LogP contribution in [-0.2, 0) is 16.1 Å². The second-order valence-electron chi connectivity index (χ2n) is 9.70. The molecular weight excluding hydrogens is 364 g/mol. The van der Waals surface area contributed by atoms with Crippen LogP contribution in [0.2, 0.25) is 0 Å². The molecule has 4 bridgehead atoms. The van der Waals surface area contributed by atoms with E-state index in [0.717, 1.165) is 29.1 Å². The molecular formula is C24H34N2O3. The predicted molar refractivity (Wildman–Crippen MR) is 112 cm³/mol. The molecule has 2 N–H and O–H groups in total. The van der Waals surface area contributed by atoms with Crippen LogP contribution in [-0.4, -0.2) is 25.0 Å². The number of amides is 2. The first-order chi connectivity index (χ1) is 14.0. The standard InChI is InChI=1S/C24H34N2O3/c1-16(24-12-18-8-19(13-24)10-20(9-18)14-24)26-23(28)7-6-22(27)25-15-17-4-3-5-21(11-17)29-2/h3-5,11,16,18-20H,6-10,12-15H2,1-2H3,(H,25,27)(H,26,28). The lowest BCUT2D eigenvalue weighted by Crippen LogP contribution is -2.55. The van der Waals surface area contributed by atoms with Crippen molar-refractivity contribution in [3.05, 3.63) is 29.8 Å². The third kappa shape index (κ3) is 4.59. The fourth-order valence-electron chi connectivity index (χ4n) is 6.47. The molecule has 4 saturated carbocycles. The Bertz CT molecular complexity index is 725. The van der Waals surface area contributed by atoms with E-state index in [-0.39, 0.29) is 30.7 Å². The lowest BCUT2D eigenvalue weighted by atomic mass is 9.48. The Morgan fingerprint density at radius 2 is 1.69 bits per heavy atom. The Balaban J connectivity index is 1.21. The molecule has 0 aromatic heterocycles. The Morgan fingerprint density at radius 1 is 1.07 bits per heavy atom. The van der Waals surface area contributed by atoms with E-state index < -0.39 is 0 Å². The van der Waals surface area contributed by atoms with Crippen LogP contribution < -0.4 is 15.4 Å². The van der Waals surface area contributed by atoms with Crippen molar-refractivity contribution in [1.82, 2.24) is 10.6 Å². The van der Waals surface area contributed by atoms with Gasteiger partial charge in [-0.2, -0.15) is 0 Å². The van der Waals surface area contributed by atoms with Crippen molar-refractivity contribution >= 4 is 11.8 Å². The van der Waals surface area contributed by atoms with Gasteiger partial charge in [-0.25, -0.2) is 0 Å². The molecule has 1 atom stereocenters. The maximum atomic E-state index is 12.5. The van der Waals surface area contributed by atoms with Crippen molar-refractivity contribution in [2.45, 2.75) is 70.9 Å². The van der Waals surface area contributed by atoms with Gasteiger partial charge in [0, 0.05) is 25.4 Å². The fourth-order valence-corrected chi connectivity index (χ4v) is 6.47. The molecule has 5 heteroatoms. The van der Waals surface area contributed by atoms with Crippen molar-refractivity contribution in [3.8, 4) is 5.75 Å². The monoisotopic (exact) mass is 398 g/mol. The van der Waals surface area contributed by atoms with Crippen LogP contribution in [0.4, 0.5) is 0 Å². The van der Waals surface area contributed by atoms with E-state index in [2.05, 4.69) is 17.6 Å². The topological polar surface area (TPSA) is 67.4 Å². The summed E-state index contributed by atoms with van der Waals surface area (Å²) in [6.07, 6.45) is 8.54. The highest BCUT2D eigenvalue weighted by atomic mass is 16.5. The lowest BCUT2D eigenvalue weighted by Gasteiger charge is -2.59. The summed E-state index contributed by atoms with van der Waals surface area (Å²) in [5.41, 5.74) is 1.29. The van der Waals surface area contributed by atoms with Crippen LogP contribution in [0.3, 0.4) is 0 Å². The highest BCUT2D eigenvalue weighted by molar-refractivity contribution is 5.83. The molecule has 0 saturated heterocycles. The van der Waals surface area contributed by atoms with Crippen molar-refractivity contribution in [2.75, 3.05) is 7.11 Å². The molecule has 4 aliphatic rings. The second kappa shape index (κ2) is 8.37. The van der Waals surface area contributed by atoms with E-state index in [1.165, 1.54) is 38.5 Å². The molecule has 0 heterocycles. The Hall–Kier alpha value is -2.04. The van der Waals surface area contributed by atoms with Gasteiger partial charge in [0.1, 0.15) is 5.75 Å². The number of ether oxygens (including phenoxy) is 1. The Labute approximate surface area is 174 Å². The zero-order valence-electron chi connectivity index (χ0n) is 17.7. The third-order valence-corrected chi connectivity index (χ3v) is 7.58. The molecule has 2 amide bonds. The number of carbonyl (C=O) groups is 2. The first-order valence-corrected chi connectivity index (χ1v) is 11.1. The number of benzene rings is 1. The van der Waals surface area contributed by atoms with Crippen LogP contribution in [0, 0.1) is 23.2 Å². The van der Waals surface area contributed by atoms with Gasteiger partial charge in [-0.1, -0.05) is 12.1 Å². The van der Waals surface area contributed by atoms with E-state index in [1.54, 1.807) is 7.11 Å². The maximum Gasteiger partial charge on any atom is 0.220 e. The number of carbonyl (C=O) groups excluding carboxylic acids is 2. The number of hydrogen-bond acceptors (Lipinski definition) is 3. The zero-order valence-corrected chi connectivity index (χ0v) is 17.7. The first kappa shape index (κ1) is 20.2. The summed E-state index contributed by atoms with van der Waals surface area (Å²) in [4.78, 5) is 24.7. The lowest BCUT2D eigenvalue weighted by molar-refractivity contribution is -0.129. The molecule has 0 spiro atoms. The van der Waals surface area contributed by atoms with Gasteiger partial charge < -0.3 is 15.4 Å². The largest absolute Gasteiger partial charge is 0.497 e. The van der Waals surface area contributed by atoms with Gasteiger partial charge in [0.05, 0.1) is 7.11 Å². The van der Waals surface area contributed by atoms with Gasteiger partial charge in [0.15, 0.2) is 0 Å². The van der Waals surface area contributed by atoms with Crippen molar-refractivity contribution in [3.63, 3.8) is 0 Å². The average molecular weight is 399 g/mol. The SMILES string of the molecule is COc1cccc(CNC(=O)CCC(=O)NC(C)C23CC4CC(CC(C4)C2)C3)c1. The summed E-state index contributed by atoms with van der Waals surface area (Å²) < 4.78 is 5.20. The molecule has 4 aliphatic carbocycles. The van der Waals surface area contributed by atoms with Crippen LogP contribution in [0.1, 0.15) is 63.9 Å². The molecule has 1 unspecified atom stereocenters. The quantitative estimate of drug-likeness (QED) is 0.700. The summed E-state index contributed by atoms with van der Waals surface area (Å²) in [7, 11) is 1.63. The normalized spacial score (nSPS) is 30.6. The van der Waals surface area contributed by atoms with Crippen LogP contribution in [0.15, 0.2) is 24.3 Å². The number of hydrogen-bond donors (Lipinski definition) is 2. The molecule has 5 nitrogen and oxygen atoms in total. The first-order valence-electron chi connectivity index (χ1n) is 11.1. The highest BCUT2D eigenvalue weighted by Crippen LogP contribution is 2.61. The van der Waals surface area contributed by atoms with Crippen LogP contribution in [0.25, 0.3) is 0 Å². The van der Waals surface area contributed by atoms with E-state index in [1.807, 2.05) is 24.3 Å². The van der Waals surface area contributed by atoms with Gasteiger partial charge in [-0.15, -0.1) is 0 Å². The summed E-state index contributed by atoms with van der Waals surface area (Å²) in [6.45, 7) is 2.63. The van der Waals surface area contributed by atoms with Gasteiger partial charge in [0.25, 0.3) is 0 Å². The molecule has 29 heavy (non-hydrogen) atoms. The summed E-state index contributed by atoms with van der Waals surface area (Å²) >= 11 is 0. The molecule has 0 radical (unpaired) electrons. The summed E-state index contributed by atoms with van der Waals surface area (Å²) in [6, 6.07) is 7.84. The average Bonchev–Trinajstić information content (AvgIpc) is 2.70. The number of nitrogens with one attached hydrogen (secondary N) is 2. The summed E-state index contributed by atoms with van der Waals surface area (Å²) in [5.74, 6) is 3.32. The number of methoxy groups -OCH3 is 1. The zero-order chi connectivity index (χ0) is 20.4. The van der Waals surface area contributed by atoms with E-state index in [9.17, 15) is 9.59 Å². The Morgan fingerprint density at radius 3 is 2.31 bits per heavy atom. The molecule has 4 fully saturated rings. The predicted octanol–water partition coefficient (Wildman–Crippen LogP) is 3.81. The summed E-state index contributed by atoms with van der Waals surface area (Å²) in [5, 5.41) is 6.14.